The first-order valence-corrected chi connectivity index (χ1v) is 5.02. The number of benzene rings is 1. The molecule has 0 aliphatic carbocycles. The zero-order valence-corrected chi connectivity index (χ0v) is 10.2. The molecule has 0 unspecified atom stereocenters. The predicted molar refractivity (Wildman–Crippen MR) is 58.9 cm³/mol. The Bertz CT molecular complexity index is 344. The molecule has 84 valence electrons. The lowest BCUT2D eigenvalue weighted by molar-refractivity contribution is -0.0513. The van der Waals surface area contributed by atoms with Gasteiger partial charge in [0.2, 0.25) is 5.75 Å². The van der Waals surface area contributed by atoms with E-state index in [1.165, 1.54) is 20.3 Å². The standard InChI is InChI=1S/C9H9F2IO3/c1-13-6-3-5(12)4-7(8(6)14-2)15-9(10)11/h3-4,9H,1-2H3. The molecule has 0 aliphatic heterocycles. The Balaban J connectivity index is 3.16. The lowest BCUT2D eigenvalue weighted by atomic mass is 10.3. The van der Waals surface area contributed by atoms with Crippen LogP contribution in [0, 0.1) is 3.57 Å². The summed E-state index contributed by atoms with van der Waals surface area (Å²) in [5.41, 5.74) is 0. The number of rotatable bonds is 4. The zero-order chi connectivity index (χ0) is 11.4. The fourth-order valence-corrected chi connectivity index (χ4v) is 1.65. The van der Waals surface area contributed by atoms with Crippen LogP contribution in [0.2, 0.25) is 0 Å². The minimum absolute atomic E-state index is 0.0312. The van der Waals surface area contributed by atoms with Gasteiger partial charge in [-0.2, -0.15) is 8.78 Å². The van der Waals surface area contributed by atoms with Crippen molar-refractivity contribution in [3.63, 3.8) is 0 Å². The van der Waals surface area contributed by atoms with Crippen LogP contribution in [-0.4, -0.2) is 20.8 Å². The summed E-state index contributed by atoms with van der Waals surface area (Å²) in [5.74, 6) is 0.495. The molecular weight excluding hydrogens is 321 g/mol. The second kappa shape index (κ2) is 5.34. The van der Waals surface area contributed by atoms with Crippen LogP contribution in [0.15, 0.2) is 12.1 Å². The van der Waals surface area contributed by atoms with Gasteiger partial charge in [0.15, 0.2) is 11.5 Å². The maximum atomic E-state index is 12.1. The highest BCUT2D eigenvalue weighted by atomic mass is 127. The maximum Gasteiger partial charge on any atom is 0.387 e. The normalized spacial score (nSPS) is 10.3. The molecule has 0 saturated heterocycles. The third kappa shape index (κ3) is 3.08. The summed E-state index contributed by atoms with van der Waals surface area (Å²) in [5, 5.41) is 0. The quantitative estimate of drug-likeness (QED) is 0.795. The van der Waals surface area contributed by atoms with Crippen LogP contribution >= 0.6 is 22.6 Å². The van der Waals surface area contributed by atoms with Crippen LogP contribution in [-0.2, 0) is 0 Å². The molecule has 3 nitrogen and oxygen atoms in total. The van der Waals surface area contributed by atoms with Gasteiger partial charge >= 0.3 is 6.61 Å². The molecule has 0 radical (unpaired) electrons. The molecular formula is C9H9F2IO3. The Morgan fingerprint density at radius 1 is 1.13 bits per heavy atom. The number of hydrogen-bond acceptors (Lipinski definition) is 3. The average molecular weight is 330 g/mol. The SMILES string of the molecule is COc1cc(I)cc(OC(F)F)c1OC. The number of ether oxygens (including phenoxy) is 3. The van der Waals surface area contributed by atoms with E-state index in [-0.39, 0.29) is 11.5 Å². The molecule has 0 saturated carbocycles. The van der Waals surface area contributed by atoms with Crippen LogP contribution in [0.5, 0.6) is 17.2 Å². The summed E-state index contributed by atoms with van der Waals surface area (Å²) in [6.07, 6.45) is 0. The summed E-state index contributed by atoms with van der Waals surface area (Å²) in [4.78, 5) is 0. The van der Waals surface area contributed by atoms with E-state index in [1.807, 2.05) is 22.6 Å². The largest absolute Gasteiger partial charge is 0.493 e. The monoisotopic (exact) mass is 330 g/mol. The van der Waals surface area contributed by atoms with Gasteiger partial charge in [0.1, 0.15) is 0 Å². The first-order chi connectivity index (χ1) is 7.08. The fraction of sp³-hybridized carbons (Fsp3) is 0.333. The lowest BCUT2D eigenvalue weighted by Crippen LogP contribution is -2.04. The van der Waals surface area contributed by atoms with Gasteiger partial charge in [0.25, 0.3) is 0 Å². The van der Waals surface area contributed by atoms with Crippen LogP contribution in [0.3, 0.4) is 0 Å². The van der Waals surface area contributed by atoms with E-state index in [9.17, 15) is 8.78 Å². The lowest BCUT2D eigenvalue weighted by Gasteiger charge is -2.13. The molecule has 0 amide bonds. The van der Waals surface area contributed by atoms with Crippen molar-refractivity contribution in [2.24, 2.45) is 0 Å². The Kier molecular flexibility index (Phi) is 4.37. The van der Waals surface area contributed by atoms with Crippen molar-refractivity contribution in [1.82, 2.24) is 0 Å². The summed E-state index contributed by atoms with van der Waals surface area (Å²) >= 11 is 1.97. The van der Waals surface area contributed by atoms with Gasteiger partial charge in [0.05, 0.1) is 14.2 Å². The Labute approximate surface area is 99.5 Å². The first kappa shape index (κ1) is 12.3. The molecule has 0 spiro atoms. The van der Waals surface area contributed by atoms with Gasteiger partial charge in [-0.15, -0.1) is 0 Å². The van der Waals surface area contributed by atoms with E-state index in [4.69, 9.17) is 9.47 Å². The number of hydrogen-bond donors (Lipinski definition) is 0. The number of alkyl halides is 2. The molecule has 0 heterocycles. The van der Waals surface area contributed by atoms with Crippen LogP contribution < -0.4 is 14.2 Å². The van der Waals surface area contributed by atoms with E-state index in [1.54, 1.807) is 6.07 Å². The topological polar surface area (TPSA) is 27.7 Å². The van der Waals surface area contributed by atoms with Crippen molar-refractivity contribution < 1.29 is 23.0 Å². The van der Waals surface area contributed by atoms with Gasteiger partial charge in [-0.25, -0.2) is 0 Å². The second-order valence-electron chi connectivity index (χ2n) is 2.52. The highest BCUT2D eigenvalue weighted by molar-refractivity contribution is 14.1. The van der Waals surface area contributed by atoms with E-state index in [2.05, 4.69) is 4.74 Å². The van der Waals surface area contributed by atoms with Gasteiger partial charge in [-0.05, 0) is 34.7 Å². The molecule has 0 atom stereocenters. The van der Waals surface area contributed by atoms with Gasteiger partial charge in [0, 0.05) is 3.57 Å². The molecule has 0 bridgehead atoms. The highest BCUT2D eigenvalue weighted by Gasteiger charge is 2.16. The van der Waals surface area contributed by atoms with E-state index < -0.39 is 6.61 Å². The average Bonchev–Trinajstić information content (AvgIpc) is 2.15. The molecule has 15 heavy (non-hydrogen) atoms. The van der Waals surface area contributed by atoms with Crippen molar-refractivity contribution in [2.45, 2.75) is 6.61 Å². The molecule has 1 rings (SSSR count). The highest BCUT2D eigenvalue weighted by Crippen LogP contribution is 2.39. The predicted octanol–water partition coefficient (Wildman–Crippen LogP) is 2.91. The molecule has 0 fully saturated rings. The Morgan fingerprint density at radius 3 is 2.20 bits per heavy atom. The van der Waals surface area contributed by atoms with E-state index >= 15 is 0 Å². The van der Waals surface area contributed by atoms with Crippen molar-refractivity contribution >= 4 is 22.6 Å². The summed E-state index contributed by atoms with van der Waals surface area (Å²) < 4.78 is 39.1. The van der Waals surface area contributed by atoms with Gasteiger partial charge in [-0.1, -0.05) is 0 Å². The van der Waals surface area contributed by atoms with Crippen LogP contribution in [0.4, 0.5) is 8.78 Å². The van der Waals surface area contributed by atoms with Crippen LogP contribution in [0.25, 0.3) is 0 Å². The summed E-state index contributed by atoms with van der Waals surface area (Å²) in [6.45, 7) is -2.89. The molecule has 0 N–H and O–H groups in total. The molecule has 0 aliphatic rings. The van der Waals surface area contributed by atoms with Crippen molar-refractivity contribution in [3.05, 3.63) is 15.7 Å². The van der Waals surface area contributed by atoms with Crippen molar-refractivity contribution in [2.75, 3.05) is 14.2 Å². The van der Waals surface area contributed by atoms with Crippen molar-refractivity contribution in [3.8, 4) is 17.2 Å². The van der Waals surface area contributed by atoms with Crippen LogP contribution in [0.1, 0.15) is 0 Å². The second-order valence-corrected chi connectivity index (χ2v) is 3.76. The minimum Gasteiger partial charge on any atom is -0.493 e. The number of halogens is 3. The molecule has 0 aromatic heterocycles. The fourth-order valence-electron chi connectivity index (χ4n) is 1.08. The van der Waals surface area contributed by atoms with E-state index in [0.717, 1.165) is 3.57 Å². The first-order valence-electron chi connectivity index (χ1n) is 3.94. The third-order valence-electron chi connectivity index (χ3n) is 1.63. The minimum atomic E-state index is -2.89. The van der Waals surface area contributed by atoms with E-state index in [0.29, 0.717) is 5.75 Å². The Morgan fingerprint density at radius 2 is 1.73 bits per heavy atom. The zero-order valence-electron chi connectivity index (χ0n) is 8.09. The Hall–Kier alpha value is -0.790. The van der Waals surface area contributed by atoms with Gasteiger partial charge in [-0.3, -0.25) is 0 Å². The maximum absolute atomic E-state index is 12.1. The third-order valence-corrected chi connectivity index (χ3v) is 2.25. The number of methoxy groups -OCH3 is 2. The van der Waals surface area contributed by atoms with Crippen molar-refractivity contribution in [1.29, 1.82) is 0 Å². The van der Waals surface area contributed by atoms with Gasteiger partial charge < -0.3 is 14.2 Å². The summed E-state index contributed by atoms with van der Waals surface area (Å²) in [6, 6.07) is 3.12. The molecule has 6 heteroatoms. The molecule has 1 aromatic rings. The smallest absolute Gasteiger partial charge is 0.387 e. The molecule has 1 aromatic carbocycles. The summed E-state index contributed by atoms with van der Waals surface area (Å²) in [7, 11) is 2.79.